The highest BCUT2D eigenvalue weighted by Gasteiger charge is 2.25. The molecule has 2 aliphatic rings. The lowest BCUT2D eigenvalue weighted by atomic mass is 9.96. The number of nitrogens with one attached hydrogen (secondary N) is 2. The van der Waals surface area contributed by atoms with Gasteiger partial charge in [-0.1, -0.05) is 52.0 Å². The molecule has 9 heteroatoms. The Morgan fingerprint density at radius 2 is 1.60 bits per heavy atom. The summed E-state index contributed by atoms with van der Waals surface area (Å²) in [6, 6.07) is 4.48. The number of unbranched alkanes of at least 4 members (excludes halogenated alkanes) is 2. The molecule has 1 heterocycles. The van der Waals surface area contributed by atoms with Gasteiger partial charge < -0.3 is 15.1 Å². The van der Waals surface area contributed by atoms with Crippen molar-refractivity contribution < 1.29 is 18.0 Å². The fourth-order valence-corrected chi connectivity index (χ4v) is 5.87. The van der Waals surface area contributed by atoms with Crippen LogP contribution >= 0.6 is 0 Å². The van der Waals surface area contributed by atoms with E-state index in [9.17, 15) is 18.0 Å². The molecule has 0 aromatic heterocycles. The van der Waals surface area contributed by atoms with Gasteiger partial charge in [-0.25, -0.2) is 22.7 Å². The zero-order chi connectivity index (χ0) is 25.3. The summed E-state index contributed by atoms with van der Waals surface area (Å²) in [7, 11) is -3.97. The van der Waals surface area contributed by atoms with E-state index in [0.29, 0.717) is 25.9 Å². The monoisotopic (exact) mass is 506 g/mol. The van der Waals surface area contributed by atoms with Crippen molar-refractivity contribution in [2.24, 2.45) is 0 Å². The molecule has 2 N–H and O–H groups in total. The zero-order valence-corrected chi connectivity index (χ0v) is 22.2. The molecule has 1 aromatic carbocycles. The minimum Gasteiger partial charge on any atom is -0.335 e. The smallest absolute Gasteiger partial charge is 0.328 e. The van der Waals surface area contributed by atoms with E-state index < -0.39 is 16.1 Å². The van der Waals surface area contributed by atoms with Crippen LogP contribution < -0.4 is 10.0 Å². The van der Waals surface area contributed by atoms with Crippen molar-refractivity contribution in [3.05, 3.63) is 29.3 Å². The lowest BCUT2D eigenvalue weighted by Crippen LogP contribution is -2.45. The van der Waals surface area contributed by atoms with Crippen LogP contribution in [0.3, 0.4) is 0 Å². The van der Waals surface area contributed by atoms with Gasteiger partial charge >= 0.3 is 12.1 Å². The number of rotatable bonds is 9. The van der Waals surface area contributed by atoms with Crippen molar-refractivity contribution in [1.82, 2.24) is 19.8 Å². The third-order valence-corrected chi connectivity index (χ3v) is 8.39. The summed E-state index contributed by atoms with van der Waals surface area (Å²) >= 11 is 0. The van der Waals surface area contributed by atoms with Crippen molar-refractivity contribution in [2.45, 2.75) is 95.4 Å². The summed E-state index contributed by atoms with van der Waals surface area (Å²) in [4.78, 5) is 29.5. The van der Waals surface area contributed by atoms with E-state index in [0.717, 1.165) is 82.0 Å². The second-order valence-corrected chi connectivity index (χ2v) is 11.5. The molecule has 0 bridgehead atoms. The highest BCUT2D eigenvalue weighted by atomic mass is 32.2. The number of carbonyl (C=O) groups is 2. The predicted molar refractivity (Wildman–Crippen MR) is 138 cm³/mol. The van der Waals surface area contributed by atoms with Gasteiger partial charge in [-0.2, -0.15) is 0 Å². The Kier molecular flexibility index (Phi) is 10.2. The molecular weight excluding hydrogens is 464 g/mol. The molecular formula is C26H42N4O4S. The Bertz CT molecular complexity index is 952. The molecule has 0 spiro atoms. The molecule has 3 rings (SSSR count). The van der Waals surface area contributed by atoms with Crippen LogP contribution in [0.1, 0.15) is 82.8 Å². The van der Waals surface area contributed by atoms with Gasteiger partial charge in [0.25, 0.3) is 10.0 Å². The maximum atomic E-state index is 13.2. The van der Waals surface area contributed by atoms with Crippen LogP contribution in [0.4, 0.5) is 9.59 Å². The lowest BCUT2D eigenvalue weighted by Gasteiger charge is -2.30. The number of nitrogens with zero attached hydrogens (tertiary/aromatic N) is 2. The van der Waals surface area contributed by atoms with Crippen LogP contribution in [0.5, 0.6) is 0 Å². The first-order valence-corrected chi connectivity index (χ1v) is 14.8. The average Bonchev–Trinajstić information content (AvgIpc) is 3.06. The molecule has 0 unspecified atom stereocenters. The van der Waals surface area contributed by atoms with Gasteiger partial charge in [0.05, 0.1) is 4.90 Å². The number of carbonyl (C=O) groups excluding carboxylic acids is 2. The first-order chi connectivity index (χ1) is 16.8. The Morgan fingerprint density at radius 3 is 2.23 bits per heavy atom. The molecule has 1 fully saturated rings. The molecule has 1 aromatic rings. The van der Waals surface area contributed by atoms with Crippen LogP contribution in [-0.4, -0.2) is 62.5 Å². The van der Waals surface area contributed by atoms with Crippen molar-refractivity contribution in [2.75, 3.05) is 26.2 Å². The standard InChI is InChI=1S/C26H42N4O4S/c1-3-5-16-29(17-6-4-2)26(32)30-18-14-21-12-13-24(20-22(21)15-19-30)35(33,34)28-25(31)27-23-10-8-7-9-11-23/h12-13,20,23H,3-11,14-19H2,1-2H3,(H2,27,28,31). The van der Waals surface area contributed by atoms with Gasteiger partial charge in [0.2, 0.25) is 0 Å². The number of sulfonamides is 1. The van der Waals surface area contributed by atoms with Crippen molar-refractivity contribution >= 4 is 22.1 Å². The van der Waals surface area contributed by atoms with E-state index in [1.165, 1.54) is 0 Å². The number of fused-ring (bicyclic) bond motifs is 1. The molecule has 196 valence electrons. The van der Waals surface area contributed by atoms with Gasteiger partial charge in [-0.15, -0.1) is 0 Å². The zero-order valence-electron chi connectivity index (χ0n) is 21.4. The molecule has 8 nitrogen and oxygen atoms in total. The number of hydrogen-bond donors (Lipinski definition) is 2. The first-order valence-electron chi connectivity index (χ1n) is 13.3. The summed E-state index contributed by atoms with van der Waals surface area (Å²) in [5.41, 5.74) is 1.98. The molecule has 0 saturated heterocycles. The average molecular weight is 507 g/mol. The quantitative estimate of drug-likeness (QED) is 0.518. The SMILES string of the molecule is CCCCN(CCCC)C(=O)N1CCc2ccc(S(=O)(=O)NC(=O)NC3CCCCC3)cc2CC1. The summed E-state index contributed by atoms with van der Waals surface area (Å²) in [5, 5.41) is 2.80. The van der Waals surface area contributed by atoms with E-state index >= 15 is 0 Å². The second kappa shape index (κ2) is 13.1. The van der Waals surface area contributed by atoms with Gasteiger partial charge in [0.1, 0.15) is 0 Å². The fraction of sp³-hybridized carbons (Fsp3) is 0.692. The summed E-state index contributed by atoms with van der Waals surface area (Å²) in [5.74, 6) is 0. The van der Waals surface area contributed by atoms with Gasteiger partial charge in [0.15, 0.2) is 0 Å². The maximum absolute atomic E-state index is 13.2. The minimum atomic E-state index is -3.97. The largest absolute Gasteiger partial charge is 0.335 e. The Hall–Kier alpha value is -2.29. The number of benzene rings is 1. The Labute approximate surface area is 210 Å². The van der Waals surface area contributed by atoms with Crippen LogP contribution in [-0.2, 0) is 22.9 Å². The molecule has 1 aliphatic carbocycles. The van der Waals surface area contributed by atoms with Crippen molar-refractivity contribution in [3.63, 3.8) is 0 Å². The Balaban J connectivity index is 1.63. The third kappa shape index (κ3) is 7.85. The van der Waals surface area contributed by atoms with Gasteiger partial charge in [-0.3, -0.25) is 0 Å². The number of hydrogen-bond acceptors (Lipinski definition) is 4. The topological polar surface area (TPSA) is 98.8 Å². The van der Waals surface area contributed by atoms with E-state index in [-0.39, 0.29) is 17.0 Å². The Morgan fingerprint density at radius 1 is 0.971 bits per heavy atom. The lowest BCUT2D eigenvalue weighted by molar-refractivity contribution is 0.153. The first kappa shape index (κ1) is 27.3. The fourth-order valence-electron chi connectivity index (χ4n) is 4.90. The van der Waals surface area contributed by atoms with Gasteiger partial charge in [-0.05, 0) is 61.8 Å². The molecule has 0 radical (unpaired) electrons. The summed E-state index contributed by atoms with van der Waals surface area (Å²) in [6.45, 7) is 6.98. The van der Waals surface area contributed by atoms with E-state index in [1.54, 1.807) is 12.1 Å². The summed E-state index contributed by atoms with van der Waals surface area (Å²) < 4.78 is 27.9. The van der Waals surface area contributed by atoms with Crippen molar-refractivity contribution in [1.29, 1.82) is 0 Å². The number of urea groups is 2. The normalized spacial score (nSPS) is 16.8. The van der Waals surface area contributed by atoms with Crippen LogP contribution in [0.25, 0.3) is 0 Å². The molecule has 0 atom stereocenters. The third-order valence-electron chi connectivity index (χ3n) is 7.06. The van der Waals surface area contributed by atoms with Crippen LogP contribution in [0, 0.1) is 0 Å². The van der Waals surface area contributed by atoms with Crippen LogP contribution in [0.15, 0.2) is 23.1 Å². The van der Waals surface area contributed by atoms with E-state index in [1.807, 2.05) is 15.9 Å². The predicted octanol–water partition coefficient (Wildman–Crippen LogP) is 4.43. The van der Waals surface area contributed by atoms with E-state index in [2.05, 4.69) is 23.9 Å². The van der Waals surface area contributed by atoms with Crippen LogP contribution in [0.2, 0.25) is 0 Å². The number of amides is 4. The minimum absolute atomic E-state index is 0.0312. The summed E-state index contributed by atoms with van der Waals surface area (Å²) in [6.07, 6.45) is 10.4. The molecule has 4 amide bonds. The van der Waals surface area contributed by atoms with E-state index in [4.69, 9.17) is 0 Å². The highest BCUT2D eigenvalue weighted by molar-refractivity contribution is 7.90. The highest BCUT2D eigenvalue weighted by Crippen LogP contribution is 2.22. The van der Waals surface area contributed by atoms with Crippen molar-refractivity contribution in [3.8, 4) is 0 Å². The van der Waals surface area contributed by atoms with Gasteiger partial charge in [0, 0.05) is 32.2 Å². The molecule has 1 aliphatic heterocycles. The second-order valence-electron chi connectivity index (χ2n) is 9.81. The molecule has 35 heavy (non-hydrogen) atoms. The molecule has 1 saturated carbocycles. The maximum Gasteiger partial charge on any atom is 0.328 e.